The molecule has 0 amide bonds. The van der Waals surface area contributed by atoms with Crippen molar-refractivity contribution >= 4 is 11.3 Å². The number of benzene rings is 1. The number of nitrogens with zero attached hydrogens (tertiary/aromatic N) is 1. The normalized spacial score (nSPS) is 11.6. The van der Waals surface area contributed by atoms with E-state index in [4.69, 9.17) is 0 Å². The molecule has 6 heteroatoms. The molecule has 18 heavy (non-hydrogen) atoms. The van der Waals surface area contributed by atoms with Crippen molar-refractivity contribution in [3.63, 3.8) is 0 Å². The van der Waals surface area contributed by atoms with Gasteiger partial charge in [-0.15, -0.1) is 24.5 Å². The molecular formula is C12H10F3NOS. The molecule has 0 aliphatic rings. The third-order valence-corrected chi connectivity index (χ3v) is 3.18. The molecule has 0 N–H and O–H groups in total. The quantitative estimate of drug-likeness (QED) is 0.833. The van der Waals surface area contributed by atoms with Gasteiger partial charge in [0.05, 0.1) is 11.3 Å². The van der Waals surface area contributed by atoms with Crippen molar-refractivity contribution in [2.24, 2.45) is 0 Å². The molecule has 0 saturated carbocycles. The highest BCUT2D eigenvalue weighted by Gasteiger charge is 2.32. The fourth-order valence-electron chi connectivity index (χ4n) is 1.45. The van der Waals surface area contributed by atoms with E-state index in [9.17, 15) is 13.2 Å². The minimum atomic E-state index is -4.69. The van der Waals surface area contributed by atoms with Crippen LogP contribution in [0, 0.1) is 0 Å². The SMILES string of the molecule is CCc1csc(-c2ccccc2OC(F)(F)F)n1. The topological polar surface area (TPSA) is 22.1 Å². The molecular weight excluding hydrogens is 263 g/mol. The monoisotopic (exact) mass is 273 g/mol. The van der Waals surface area contributed by atoms with Gasteiger partial charge in [-0.3, -0.25) is 0 Å². The summed E-state index contributed by atoms with van der Waals surface area (Å²) in [7, 11) is 0. The second-order valence-corrected chi connectivity index (χ2v) is 4.40. The largest absolute Gasteiger partial charge is 0.573 e. The maximum Gasteiger partial charge on any atom is 0.573 e. The van der Waals surface area contributed by atoms with Crippen LogP contribution in [0.1, 0.15) is 12.6 Å². The summed E-state index contributed by atoms with van der Waals surface area (Å²) in [5, 5.41) is 2.37. The van der Waals surface area contributed by atoms with Gasteiger partial charge in [0.25, 0.3) is 0 Å². The molecule has 0 atom stereocenters. The summed E-state index contributed by atoms with van der Waals surface area (Å²) < 4.78 is 40.8. The molecule has 0 radical (unpaired) electrons. The highest BCUT2D eigenvalue weighted by molar-refractivity contribution is 7.13. The zero-order chi connectivity index (χ0) is 13.2. The van der Waals surface area contributed by atoms with Crippen molar-refractivity contribution in [3.05, 3.63) is 35.3 Å². The Morgan fingerprint density at radius 2 is 2.00 bits per heavy atom. The van der Waals surface area contributed by atoms with E-state index in [1.165, 1.54) is 23.5 Å². The molecule has 2 rings (SSSR count). The van der Waals surface area contributed by atoms with E-state index in [-0.39, 0.29) is 5.75 Å². The van der Waals surface area contributed by atoms with Crippen LogP contribution in [-0.4, -0.2) is 11.3 Å². The lowest BCUT2D eigenvalue weighted by Gasteiger charge is -2.11. The lowest BCUT2D eigenvalue weighted by atomic mass is 10.2. The Labute approximate surface area is 106 Å². The second kappa shape index (κ2) is 4.97. The van der Waals surface area contributed by atoms with Gasteiger partial charge >= 0.3 is 6.36 Å². The summed E-state index contributed by atoms with van der Waals surface area (Å²) in [6.07, 6.45) is -3.94. The van der Waals surface area contributed by atoms with Gasteiger partial charge in [-0.05, 0) is 18.6 Å². The number of hydrogen-bond acceptors (Lipinski definition) is 3. The summed E-state index contributed by atoms with van der Waals surface area (Å²) in [5.41, 5.74) is 1.22. The van der Waals surface area contributed by atoms with E-state index < -0.39 is 6.36 Å². The van der Waals surface area contributed by atoms with Crippen molar-refractivity contribution in [1.29, 1.82) is 0 Å². The van der Waals surface area contributed by atoms with Gasteiger partial charge in [0.15, 0.2) is 0 Å². The van der Waals surface area contributed by atoms with Crippen molar-refractivity contribution in [2.45, 2.75) is 19.7 Å². The number of aryl methyl sites for hydroxylation is 1. The van der Waals surface area contributed by atoms with Crippen LogP contribution in [0.3, 0.4) is 0 Å². The van der Waals surface area contributed by atoms with E-state index in [1.807, 2.05) is 12.3 Å². The number of alkyl halides is 3. The number of aromatic nitrogens is 1. The molecule has 2 nitrogen and oxygen atoms in total. The Bertz CT molecular complexity index is 536. The molecule has 0 aliphatic carbocycles. The highest BCUT2D eigenvalue weighted by Crippen LogP contribution is 2.35. The first-order valence-corrected chi connectivity index (χ1v) is 6.17. The van der Waals surface area contributed by atoms with Crippen LogP contribution in [0.5, 0.6) is 5.75 Å². The van der Waals surface area contributed by atoms with Crippen LogP contribution in [0.4, 0.5) is 13.2 Å². The molecule has 0 spiro atoms. The van der Waals surface area contributed by atoms with Gasteiger partial charge in [-0.2, -0.15) is 0 Å². The zero-order valence-corrected chi connectivity index (χ0v) is 10.3. The van der Waals surface area contributed by atoms with Gasteiger partial charge in [0, 0.05) is 5.38 Å². The number of ether oxygens (including phenoxy) is 1. The summed E-state index contributed by atoms with van der Waals surface area (Å²) in [6.45, 7) is 1.94. The molecule has 0 unspecified atom stereocenters. The smallest absolute Gasteiger partial charge is 0.405 e. The maximum atomic E-state index is 12.3. The third-order valence-electron chi connectivity index (χ3n) is 2.26. The first kappa shape index (κ1) is 12.9. The first-order chi connectivity index (χ1) is 8.49. The Kier molecular flexibility index (Phi) is 3.56. The van der Waals surface area contributed by atoms with Crippen molar-refractivity contribution in [2.75, 3.05) is 0 Å². The molecule has 96 valence electrons. The predicted molar refractivity (Wildman–Crippen MR) is 63.6 cm³/mol. The molecule has 0 fully saturated rings. The Morgan fingerprint density at radius 1 is 1.28 bits per heavy atom. The van der Waals surface area contributed by atoms with Crippen LogP contribution in [0.2, 0.25) is 0 Å². The number of para-hydroxylation sites is 1. The minimum absolute atomic E-state index is 0.220. The number of thiazole rings is 1. The van der Waals surface area contributed by atoms with Crippen LogP contribution >= 0.6 is 11.3 Å². The summed E-state index contributed by atoms with van der Waals surface area (Å²) in [5.74, 6) is -0.220. The number of halogens is 3. The predicted octanol–water partition coefficient (Wildman–Crippen LogP) is 4.27. The lowest BCUT2D eigenvalue weighted by molar-refractivity contribution is -0.274. The first-order valence-electron chi connectivity index (χ1n) is 5.29. The average Bonchev–Trinajstić information content (AvgIpc) is 2.76. The van der Waals surface area contributed by atoms with Gasteiger partial charge in [0.2, 0.25) is 0 Å². The van der Waals surface area contributed by atoms with E-state index in [0.717, 1.165) is 12.1 Å². The van der Waals surface area contributed by atoms with Gasteiger partial charge in [-0.25, -0.2) is 4.98 Å². The summed E-state index contributed by atoms with van der Waals surface area (Å²) in [6, 6.07) is 6.01. The molecule has 2 aromatic rings. The third kappa shape index (κ3) is 3.01. The van der Waals surface area contributed by atoms with Crippen LogP contribution in [0.15, 0.2) is 29.6 Å². The molecule has 0 saturated heterocycles. The van der Waals surface area contributed by atoms with Crippen molar-refractivity contribution in [3.8, 4) is 16.3 Å². The Hall–Kier alpha value is -1.56. The second-order valence-electron chi connectivity index (χ2n) is 3.54. The molecule has 1 aromatic carbocycles. The Morgan fingerprint density at radius 3 is 2.61 bits per heavy atom. The van der Waals surface area contributed by atoms with Crippen LogP contribution < -0.4 is 4.74 Å². The van der Waals surface area contributed by atoms with E-state index in [2.05, 4.69) is 9.72 Å². The van der Waals surface area contributed by atoms with E-state index in [1.54, 1.807) is 12.1 Å². The number of rotatable bonds is 3. The fraction of sp³-hybridized carbons (Fsp3) is 0.250. The summed E-state index contributed by atoms with van der Waals surface area (Å²) >= 11 is 1.31. The number of hydrogen-bond donors (Lipinski definition) is 0. The highest BCUT2D eigenvalue weighted by atomic mass is 32.1. The maximum absolute atomic E-state index is 12.3. The average molecular weight is 273 g/mol. The van der Waals surface area contributed by atoms with Gasteiger partial charge in [-0.1, -0.05) is 19.1 Å². The molecule has 0 aliphatic heterocycles. The van der Waals surface area contributed by atoms with E-state index >= 15 is 0 Å². The van der Waals surface area contributed by atoms with Crippen LogP contribution in [0.25, 0.3) is 10.6 Å². The lowest BCUT2D eigenvalue weighted by Crippen LogP contribution is -2.17. The zero-order valence-electron chi connectivity index (χ0n) is 9.49. The molecule has 1 heterocycles. The minimum Gasteiger partial charge on any atom is -0.405 e. The molecule has 0 bridgehead atoms. The Balaban J connectivity index is 2.38. The standard InChI is InChI=1S/C12H10F3NOS/c1-2-8-7-18-11(16-8)9-5-3-4-6-10(9)17-12(13,14)15/h3-7H,2H2,1H3. The fourth-order valence-corrected chi connectivity index (χ4v) is 2.38. The van der Waals surface area contributed by atoms with Gasteiger partial charge in [0.1, 0.15) is 10.8 Å². The van der Waals surface area contributed by atoms with E-state index in [0.29, 0.717) is 10.6 Å². The summed E-state index contributed by atoms with van der Waals surface area (Å²) in [4.78, 5) is 4.26. The van der Waals surface area contributed by atoms with Crippen molar-refractivity contribution in [1.82, 2.24) is 4.98 Å². The van der Waals surface area contributed by atoms with Gasteiger partial charge < -0.3 is 4.74 Å². The molecule has 1 aromatic heterocycles. The van der Waals surface area contributed by atoms with Crippen LogP contribution in [-0.2, 0) is 6.42 Å². The van der Waals surface area contributed by atoms with Crippen molar-refractivity contribution < 1.29 is 17.9 Å².